The first-order valence-electron chi connectivity index (χ1n) is 10.3. The summed E-state index contributed by atoms with van der Waals surface area (Å²) in [6.07, 6.45) is 5.00. The molecule has 0 aliphatic rings. The highest BCUT2D eigenvalue weighted by Gasteiger charge is 2.10. The van der Waals surface area contributed by atoms with E-state index in [1.807, 2.05) is 60.7 Å². The molecule has 0 fully saturated rings. The number of anilines is 2. The Morgan fingerprint density at radius 1 is 1.03 bits per heavy atom. The van der Waals surface area contributed by atoms with Crippen molar-refractivity contribution in [2.75, 3.05) is 11.9 Å². The van der Waals surface area contributed by atoms with Crippen LogP contribution in [0.25, 0.3) is 22.2 Å². The largest absolute Gasteiger partial charge is 0.351 e. The number of carbonyl (C=O) groups excluding carboxylic acids is 1. The molecule has 0 aliphatic heterocycles. The van der Waals surface area contributed by atoms with E-state index in [0.717, 1.165) is 47.1 Å². The summed E-state index contributed by atoms with van der Waals surface area (Å²) in [5, 5.41) is 7.18. The lowest BCUT2D eigenvalue weighted by molar-refractivity contribution is 0.0949. The summed E-state index contributed by atoms with van der Waals surface area (Å²) in [6, 6.07) is 19.6. The zero-order valence-corrected chi connectivity index (χ0v) is 17.0. The van der Waals surface area contributed by atoms with Gasteiger partial charge in [0, 0.05) is 34.9 Å². The van der Waals surface area contributed by atoms with Crippen molar-refractivity contribution in [1.29, 1.82) is 0 Å². The zero-order chi connectivity index (χ0) is 20.8. The Bertz CT molecular complexity index is 1140. The Morgan fingerprint density at radius 2 is 1.90 bits per heavy atom. The second-order valence-corrected chi connectivity index (χ2v) is 7.20. The molecule has 0 aliphatic carbocycles. The van der Waals surface area contributed by atoms with E-state index in [4.69, 9.17) is 0 Å². The molecule has 0 spiro atoms. The average Bonchev–Trinajstić information content (AvgIpc) is 3.21. The van der Waals surface area contributed by atoms with Crippen molar-refractivity contribution in [1.82, 2.24) is 20.3 Å². The third kappa shape index (κ3) is 4.66. The molecular formula is C24H25N5O. The molecule has 6 nitrogen and oxygen atoms in total. The van der Waals surface area contributed by atoms with Crippen LogP contribution in [0, 0.1) is 0 Å². The minimum absolute atomic E-state index is 0.0734. The normalized spacial score (nSPS) is 10.8. The van der Waals surface area contributed by atoms with Gasteiger partial charge in [0.1, 0.15) is 5.69 Å². The summed E-state index contributed by atoms with van der Waals surface area (Å²) >= 11 is 0. The van der Waals surface area contributed by atoms with Gasteiger partial charge < -0.3 is 15.6 Å². The molecule has 0 unspecified atom stereocenters. The van der Waals surface area contributed by atoms with Crippen molar-refractivity contribution in [3.8, 4) is 11.3 Å². The minimum Gasteiger partial charge on any atom is -0.351 e. The number of unbranched alkanes of at least 4 members (excludes halogenated alkanes) is 2. The first-order valence-corrected chi connectivity index (χ1v) is 10.3. The number of benzene rings is 2. The summed E-state index contributed by atoms with van der Waals surface area (Å²) in [6.45, 7) is 2.85. The van der Waals surface area contributed by atoms with E-state index in [9.17, 15) is 4.79 Å². The second-order valence-electron chi connectivity index (χ2n) is 7.20. The fraction of sp³-hybridized carbons (Fsp3) is 0.208. The molecular weight excluding hydrogens is 374 g/mol. The molecule has 0 atom stereocenters. The number of aromatic amines is 1. The molecule has 4 aromatic rings. The molecule has 1 amide bonds. The van der Waals surface area contributed by atoms with Gasteiger partial charge in [-0.2, -0.15) is 0 Å². The van der Waals surface area contributed by atoms with E-state index in [1.54, 1.807) is 6.20 Å². The summed E-state index contributed by atoms with van der Waals surface area (Å²) in [5.41, 5.74) is 4.25. The van der Waals surface area contributed by atoms with E-state index in [0.29, 0.717) is 18.2 Å². The fourth-order valence-electron chi connectivity index (χ4n) is 3.32. The third-order valence-electron chi connectivity index (χ3n) is 4.91. The minimum atomic E-state index is -0.0734. The number of hydrogen-bond acceptors (Lipinski definition) is 4. The molecule has 4 rings (SSSR count). The van der Waals surface area contributed by atoms with Crippen molar-refractivity contribution in [3.63, 3.8) is 0 Å². The van der Waals surface area contributed by atoms with E-state index in [1.165, 1.54) is 0 Å². The van der Waals surface area contributed by atoms with Gasteiger partial charge in [0.15, 0.2) is 0 Å². The topological polar surface area (TPSA) is 82.7 Å². The molecule has 0 bridgehead atoms. The van der Waals surface area contributed by atoms with Crippen molar-refractivity contribution in [2.45, 2.75) is 26.2 Å². The van der Waals surface area contributed by atoms with E-state index in [-0.39, 0.29) is 5.91 Å². The van der Waals surface area contributed by atoms with Gasteiger partial charge in [0.05, 0.1) is 5.69 Å². The van der Waals surface area contributed by atoms with Crippen LogP contribution in [-0.4, -0.2) is 27.4 Å². The lowest BCUT2D eigenvalue weighted by atomic mass is 10.1. The Labute approximate surface area is 175 Å². The maximum atomic E-state index is 12.3. The second kappa shape index (κ2) is 9.22. The molecule has 6 heteroatoms. The van der Waals surface area contributed by atoms with Crippen molar-refractivity contribution < 1.29 is 4.79 Å². The zero-order valence-electron chi connectivity index (χ0n) is 17.0. The van der Waals surface area contributed by atoms with Crippen LogP contribution in [0.1, 0.15) is 36.7 Å². The van der Waals surface area contributed by atoms with Gasteiger partial charge >= 0.3 is 0 Å². The van der Waals surface area contributed by atoms with Crippen LogP contribution in [0.4, 0.5) is 11.6 Å². The molecule has 2 heterocycles. The highest BCUT2D eigenvalue weighted by Crippen LogP contribution is 2.23. The van der Waals surface area contributed by atoms with Gasteiger partial charge in [-0.1, -0.05) is 50.1 Å². The van der Waals surface area contributed by atoms with Crippen molar-refractivity contribution >= 4 is 28.4 Å². The average molecular weight is 399 g/mol. The van der Waals surface area contributed by atoms with Crippen LogP contribution in [0.3, 0.4) is 0 Å². The van der Waals surface area contributed by atoms with Crippen LogP contribution in [0.5, 0.6) is 0 Å². The smallest absolute Gasteiger partial charge is 0.267 e. The third-order valence-corrected chi connectivity index (χ3v) is 4.91. The van der Waals surface area contributed by atoms with Gasteiger partial charge in [0.25, 0.3) is 5.91 Å². The van der Waals surface area contributed by atoms with Crippen molar-refractivity contribution in [3.05, 3.63) is 72.6 Å². The SMILES string of the molecule is CCCCCNC(=O)c1cc2cc(Nc3nccc(-c4ccccc4)n3)ccc2[nH]1. The predicted molar refractivity (Wildman–Crippen MR) is 121 cm³/mol. The van der Waals surface area contributed by atoms with Gasteiger partial charge in [-0.05, 0) is 36.8 Å². The molecule has 2 aromatic carbocycles. The van der Waals surface area contributed by atoms with E-state index in [2.05, 4.69) is 32.5 Å². The summed E-state index contributed by atoms with van der Waals surface area (Å²) in [5.74, 6) is 0.454. The monoisotopic (exact) mass is 399 g/mol. The van der Waals surface area contributed by atoms with Gasteiger partial charge in [-0.15, -0.1) is 0 Å². The Balaban J connectivity index is 1.48. The van der Waals surface area contributed by atoms with Gasteiger partial charge in [-0.3, -0.25) is 4.79 Å². The lowest BCUT2D eigenvalue weighted by Crippen LogP contribution is -2.24. The molecule has 0 radical (unpaired) electrons. The first kappa shape index (κ1) is 19.6. The van der Waals surface area contributed by atoms with Gasteiger partial charge in [-0.25, -0.2) is 9.97 Å². The number of aromatic nitrogens is 3. The maximum Gasteiger partial charge on any atom is 0.267 e. The number of nitrogens with zero attached hydrogens (tertiary/aromatic N) is 2. The number of hydrogen-bond donors (Lipinski definition) is 3. The Morgan fingerprint density at radius 3 is 2.73 bits per heavy atom. The standard InChI is InChI=1S/C24H25N5O/c1-2-3-7-13-25-23(30)22-16-18-15-19(10-11-20(18)28-22)27-24-26-14-12-21(29-24)17-8-5-4-6-9-17/h4-6,8-12,14-16,28H,2-3,7,13H2,1H3,(H,25,30)(H,26,27,29). The van der Waals surface area contributed by atoms with Crippen LogP contribution in [0.15, 0.2) is 66.9 Å². The number of amides is 1. The van der Waals surface area contributed by atoms with E-state index >= 15 is 0 Å². The Kier molecular flexibility index (Phi) is 6.03. The molecule has 152 valence electrons. The molecule has 0 saturated heterocycles. The number of carbonyl (C=O) groups is 1. The summed E-state index contributed by atoms with van der Waals surface area (Å²) in [7, 11) is 0. The highest BCUT2D eigenvalue weighted by molar-refractivity contribution is 5.98. The van der Waals surface area contributed by atoms with Gasteiger partial charge in [0.2, 0.25) is 5.95 Å². The molecule has 30 heavy (non-hydrogen) atoms. The molecule has 2 aromatic heterocycles. The Hall–Kier alpha value is -3.67. The summed E-state index contributed by atoms with van der Waals surface area (Å²) in [4.78, 5) is 24.5. The first-order chi connectivity index (χ1) is 14.7. The highest BCUT2D eigenvalue weighted by atomic mass is 16.1. The number of H-pyrrole nitrogens is 1. The molecule has 3 N–H and O–H groups in total. The summed E-state index contributed by atoms with van der Waals surface area (Å²) < 4.78 is 0. The molecule has 0 saturated carbocycles. The fourth-order valence-corrected chi connectivity index (χ4v) is 3.32. The number of rotatable bonds is 8. The van der Waals surface area contributed by atoms with Crippen molar-refractivity contribution in [2.24, 2.45) is 0 Å². The maximum absolute atomic E-state index is 12.3. The van der Waals surface area contributed by atoms with Crippen LogP contribution >= 0.6 is 0 Å². The van der Waals surface area contributed by atoms with Crippen LogP contribution in [0.2, 0.25) is 0 Å². The number of fused-ring (bicyclic) bond motifs is 1. The van der Waals surface area contributed by atoms with Crippen LogP contribution in [-0.2, 0) is 0 Å². The van der Waals surface area contributed by atoms with Crippen LogP contribution < -0.4 is 10.6 Å². The number of nitrogens with one attached hydrogen (secondary N) is 3. The quantitative estimate of drug-likeness (QED) is 0.352. The van der Waals surface area contributed by atoms with E-state index < -0.39 is 0 Å². The lowest BCUT2D eigenvalue weighted by Gasteiger charge is -2.07. The predicted octanol–water partition coefficient (Wildman–Crippen LogP) is 5.29.